The fraction of sp³-hybridized carbons (Fsp3) is 0.609. The molecule has 0 bridgehead atoms. The largest absolute Gasteiger partial charge is 0.416 e. The number of carbonyl (C=O) groups is 1. The fourth-order valence-electron chi connectivity index (χ4n) is 4.75. The summed E-state index contributed by atoms with van der Waals surface area (Å²) in [5, 5.41) is 8.34. The standard InChI is InChI=1S/C23H30F3N5O/c1-17(14-18-6-5-7-19(15-18)23(24,25)26)29-12-8-20(9-13-29)31-16-21(27-28-31)22(32)30-10-3-2-4-11-30/h5-7,15-17,20H,2-4,8-14H2,1H3/t17-/m1/s1. The third-order valence-electron chi connectivity index (χ3n) is 6.65. The van der Waals surface area contributed by atoms with Crippen molar-refractivity contribution in [3.63, 3.8) is 0 Å². The fourth-order valence-corrected chi connectivity index (χ4v) is 4.75. The highest BCUT2D eigenvalue weighted by Crippen LogP contribution is 2.30. The van der Waals surface area contributed by atoms with Crippen LogP contribution in [0.4, 0.5) is 13.2 Å². The molecule has 174 valence electrons. The highest BCUT2D eigenvalue weighted by Gasteiger charge is 2.31. The molecule has 9 heteroatoms. The number of hydrogen-bond donors (Lipinski definition) is 0. The first-order chi connectivity index (χ1) is 15.3. The van der Waals surface area contributed by atoms with E-state index in [0.29, 0.717) is 17.7 Å². The lowest BCUT2D eigenvalue weighted by molar-refractivity contribution is -0.137. The quantitative estimate of drug-likeness (QED) is 0.687. The van der Waals surface area contributed by atoms with Gasteiger partial charge in [-0.25, -0.2) is 4.68 Å². The van der Waals surface area contributed by atoms with E-state index in [1.807, 2.05) is 9.58 Å². The third kappa shape index (κ3) is 5.31. The van der Waals surface area contributed by atoms with Crippen LogP contribution in [0.2, 0.25) is 0 Å². The molecular formula is C23H30F3N5O. The van der Waals surface area contributed by atoms with Gasteiger partial charge in [0.05, 0.1) is 17.8 Å². The number of rotatable bonds is 5. The number of likely N-dealkylation sites (tertiary alicyclic amines) is 2. The maximum absolute atomic E-state index is 13.0. The zero-order valence-electron chi connectivity index (χ0n) is 18.4. The SMILES string of the molecule is C[C@H](Cc1cccc(C(F)(F)F)c1)N1CCC(n2cc(C(=O)N3CCCCC3)nn2)CC1. The molecule has 1 amide bonds. The summed E-state index contributed by atoms with van der Waals surface area (Å²) in [6.45, 7) is 5.30. The molecule has 1 aromatic carbocycles. The van der Waals surface area contributed by atoms with E-state index in [-0.39, 0.29) is 18.0 Å². The van der Waals surface area contributed by atoms with E-state index in [1.54, 1.807) is 12.3 Å². The van der Waals surface area contributed by atoms with Gasteiger partial charge in [0.2, 0.25) is 0 Å². The molecule has 6 nitrogen and oxygen atoms in total. The van der Waals surface area contributed by atoms with Crippen molar-refractivity contribution in [2.24, 2.45) is 0 Å². The molecule has 0 aliphatic carbocycles. The van der Waals surface area contributed by atoms with Gasteiger partial charge >= 0.3 is 6.18 Å². The van der Waals surface area contributed by atoms with E-state index in [1.165, 1.54) is 18.6 Å². The van der Waals surface area contributed by atoms with E-state index in [9.17, 15) is 18.0 Å². The second kappa shape index (κ2) is 9.60. The molecule has 0 saturated carbocycles. The van der Waals surface area contributed by atoms with Crippen LogP contribution in [-0.4, -0.2) is 62.9 Å². The van der Waals surface area contributed by atoms with Gasteiger partial charge in [-0.2, -0.15) is 13.2 Å². The van der Waals surface area contributed by atoms with Crippen LogP contribution in [0.3, 0.4) is 0 Å². The first-order valence-electron chi connectivity index (χ1n) is 11.4. The highest BCUT2D eigenvalue weighted by molar-refractivity contribution is 5.91. The molecule has 2 aliphatic heterocycles. The summed E-state index contributed by atoms with van der Waals surface area (Å²) in [6, 6.07) is 5.93. The van der Waals surface area contributed by atoms with Crippen molar-refractivity contribution in [3.05, 3.63) is 47.3 Å². The number of aromatic nitrogens is 3. The predicted octanol–water partition coefficient (Wildman–Crippen LogP) is 4.19. The molecule has 0 radical (unpaired) electrons. The van der Waals surface area contributed by atoms with Crippen LogP contribution in [0.25, 0.3) is 0 Å². The van der Waals surface area contributed by atoms with Crippen molar-refractivity contribution in [3.8, 4) is 0 Å². The van der Waals surface area contributed by atoms with Crippen LogP contribution < -0.4 is 0 Å². The Hall–Kier alpha value is -2.42. The molecule has 1 aromatic heterocycles. The van der Waals surface area contributed by atoms with Crippen LogP contribution in [-0.2, 0) is 12.6 Å². The number of amides is 1. The van der Waals surface area contributed by atoms with E-state index in [4.69, 9.17) is 0 Å². The van der Waals surface area contributed by atoms with Crippen molar-refractivity contribution >= 4 is 5.91 Å². The Bertz CT molecular complexity index is 914. The van der Waals surface area contributed by atoms with Crippen molar-refractivity contribution in [1.29, 1.82) is 0 Å². The maximum atomic E-state index is 13.0. The highest BCUT2D eigenvalue weighted by atomic mass is 19.4. The summed E-state index contributed by atoms with van der Waals surface area (Å²) in [7, 11) is 0. The molecule has 0 unspecified atom stereocenters. The summed E-state index contributed by atoms with van der Waals surface area (Å²) in [5.74, 6) is -0.0388. The van der Waals surface area contributed by atoms with Crippen LogP contribution in [0.5, 0.6) is 0 Å². The molecule has 0 N–H and O–H groups in total. The van der Waals surface area contributed by atoms with Gasteiger partial charge in [-0.05, 0) is 57.1 Å². The Kier molecular flexibility index (Phi) is 6.83. The number of alkyl halides is 3. The third-order valence-corrected chi connectivity index (χ3v) is 6.65. The Labute approximate surface area is 186 Å². The molecule has 2 aliphatic rings. The van der Waals surface area contributed by atoms with Gasteiger partial charge in [0.15, 0.2) is 5.69 Å². The van der Waals surface area contributed by atoms with Gasteiger partial charge in [0, 0.05) is 32.2 Å². The minimum atomic E-state index is -4.32. The summed E-state index contributed by atoms with van der Waals surface area (Å²) >= 11 is 0. The summed E-state index contributed by atoms with van der Waals surface area (Å²) < 4.78 is 40.7. The van der Waals surface area contributed by atoms with Crippen molar-refractivity contribution in [2.45, 2.75) is 63.7 Å². The topological polar surface area (TPSA) is 54.3 Å². The Morgan fingerprint density at radius 3 is 2.53 bits per heavy atom. The Balaban J connectivity index is 1.30. The van der Waals surface area contributed by atoms with E-state index in [0.717, 1.165) is 57.9 Å². The Morgan fingerprint density at radius 1 is 1.12 bits per heavy atom. The minimum Gasteiger partial charge on any atom is -0.337 e. The molecule has 3 heterocycles. The van der Waals surface area contributed by atoms with Crippen molar-refractivity contribution in [2.75, 3.05) is 26.2 Å². The summed E-state index contributed by atoms with van der Waals surface area (Å²) in [5.41, 5.74) is 0.515. The second-order valence-corrected chi connectivity index (χ2v) is 8.96. The summed E-state index contributed by atoms with van der Waals surface area (Å²) in [4.78, 5) is 16.8. The van der Waals surface area contributed by atoms with Crippen molar-refractivity contribution in [1.82, 2.24) is 24.8 Å². The number of halogens is 3. The van der Waals surface area contributed by atoms with E-state index >= 15 is 0 Å². The van der Waals surface area contributed by atoms with Crippen LogP contribution in [0.15, 0.2) is 30.5 Å². The molecule has 0 spiro atoms. The first kappa shape index (κ1) is 22.8. The number of carbonyl (C=O) groups excluding carboxylic acids is 1. The van der Waals surface area contributed by atoms with Crippen LogP contribution in [0, 0.1) is 0 Å². The average molecular weight is 450 g/mol. The van der Waals surface area contributed by atoms with Gasteiger partial charge in [-0.3, -0.25) is 4.79 Å². The van der Waals surface area contributed by atoms with Crippen LogP contribution >= 0.6 is 0 Å². The van der Waals surface area contributed by atoms with Gasteiger partial charge < -0.3 is 9.80 Å². The molecular weight excluding hydrogens is 419 g/mol. The zero-order chi connectivity index (χ0) is 22.7. The number of piperidine rings is 2. The summed E-state index contributed by atoms with van der Waals surface area (Å²) in [6.07, 6.45) is 3.01. The zero-order valence-corrected chi connectivity index (χ0v) is 18.4. The number of nitrogens with zero attached hydrogens (tertiary/aromatic N) is 5. The molecule has 2 fully saturated rings. The normalized spacial score (nSPS) is 19.8. The first-order valence-corrected chi connectivity index (χ1v) is 11.4. The molecule has 2 aromatic rings. The van der Waals surface area contributed by atoms with Gasteiger partial charge in [0.25, 0.3) is 5.91 Å². The maximum Gasteiger partial charge on any atom is 0.416 e. The average Bonchev–Trinajstić information content (AvgIpc) is 3.29. The smallest absolute Gasteiger partial charge is 0.337 e. The predicted molar refractivity (Wildman–Crippen MR) is 114 cm³/mol. The molecule has 32 heavy (non-hydrogen) atoms. The van der Waals surface area contributed by atoms with Crippen LogP contribution in [0.1, 0.15) is 66.7 Å². The van der Waals surface area contributed by atoms with Gasteiger partial charge in [0.1, 0.15) is 0 Å². The lowest BCUT2D eigenvalue weighted by atomic mass is 9.99. The van der Waals surface area contributed by atoms with Gasteiger partial charge in [-0.1, -0.05) is 23.4 Å². The lowest BCUT2D eigenvalue weighted by Crippen LogP contribution is -2.41. The minimum absolute atomic E-state index is 0.0388. The second-order valence-electron chi connectivity index (χ2n) is 8.96. The number of benzene rings is 1. The number of hydrogen-bond acceptors (Lipinski definition) is 4. The van der Waals surface area contributed by atoms with Crippen molar-refractivity contribution < 1.29 is 18.0 Å². The lowest BCUT2D eigenvalue weighted by Gasteiger charge is -2.36. The monoisotopic (exact) mass is 449 g/mol. The Morgan fingerprint density at radius 2 is 1.84 bits per heavy atom. The molecule has 4 rings (SSSR count). The van der Waals surface area contributed by atoms with E-state index < -0.39 is 11.7 Å². The molecule has 2 saturated heterocycles. The van der Waals surface area contributed by atoms with E-state index in [2.05, 4.69) is 22.1 Å². The molecule has 1 atom stereocenters. The van der Waals surface area contributed by atoms with Gasteiger partial charge in [-0.15, -0.1) is 5.10 Å².